The molecule has 4 aromatic rings. The molecule has 0 amide bonds. The first kappa shape index (κ1) is 11.1. The maximum atomic E-state index is 14.6. The second-order valence-corrected chi connectivity index (χ2v) is 4.53. The summed E-state index contributed by atoms with van der Waals surface area (Å²) >= 11 is 0. The van der Waals surface area contributed by atoms with Crippen LogP contribution in [0, 0.1) is 5.82 Å². The van der Waals surface area contributed by atoms with E-state index in [2.05, 4.69) is 9.97 Å². The molecule has 0 atom stereocenters. The zero-order valence-electron chi connectivity index (χ0n) is 10.4. The third-order valence-electron chi connectivity index (χ3n) is 3.36. The molecule has 3 heterocycles. The normalized spacial score (nSPS) is 11.2. The summed E-state index contributed by atoms with van der Waals surface area (Å²) in [6.07, 6.45) is 6.52. The van der Waals surface area contributed by atoms with Gasteiger partial charge >= 0.3 is 0 Å². The maximum Gasteiger partial charge on any atom is 0.174 e. The Labute approximate surface area is 113 Å². The van der Waals surface area contributed by atoms with Gasteiger partial charge in [0.1, 0.15) is 0 Å². The molecule has 0 aliphatic rings. The molecule has 0 saturated heterocycles. The lowest BCUT2D eigenvalue weighted by Crippen LogP contribution is -1.90. The van der Waals surface area contributed by atoms with Crippen LogP contribution in [0.4, 0.5) is 4.39 Å². The van der Waals surface area contributed by atoms with Crippen molar-refractivity contribution in [3.05, 3.63) is 61.0 Å². The Hall–Kier alpha value is -2.75. The number of fused-ring (bicyclic) bond motifs is 2. The summed E-state index contributed by atoms with van der Waals surface area (Å²) in [6.45, 7) is 0. The molecule has 0 saturated carbocycles. The van der Waals surface area contributed by atoms with Gasteiger partial charge in [-0.2, -0.15) is 0 Å². The first-order chi connectivity index (χ1) is 9.84. The van der Waals surface area contributed by atoms with Crippen LogP contribution in [0.25, 0.3) is 33.0 Å². The molecule has 0 radical (unpaired) electrons. The van der Waals surface area contributed by atoms with E-state index in [0.717, 1.165) is 16.3 Å². The van der Waals surface area contributed by atoms with Crippen molar-refractivity contribution in [1.82, 2.24) is 9.97 Å². The minimum absolute atomic E-state index is 0.260. The van der Waals surface area contributed by atoms with Gasteiger partial charge in [0.25, 0.3) is 0 Å². The standard InChI is InChI=1S/C16H9FN2O/c17-14-12(4-3-10-5-7-20-16(10)14)13-9-18-8-11-2-1-6-19-15(11)13/h1-9H. The summed E-state index contributed by atoms with van der Waals surface area (Å²) in [4.78, 5) is 8.49. The van der Waals surface area contributed by atoms with Crippen molar-refractivity contribution < 1.29 is 8.81 Å². The van der Waals surface area contributed by atoms with E-state index in [-0.39, 0.29) is 11.4 Å². The number of rotatable bonds is 1. The number of halogens is 1. The number of hydrogen-bond donors (Lipinski definition) is 0. The van der Waals surface area contributed by atoms with Gasteiger partial charge in [0.05, 0.1) is 11.8 Å². The van der Waals surface area contributed by atoms with Crippen molar-refractivity contribution in [3.8, 4) is 11.1 Å². The third kappa shape index (κ3) is 1.51. The Morgan fingerprint density at radius 3 is 2.85 bits per heavy atom. The van der Waals surface area contributed by atoms with Crippen LogP contribution in [0.15, 0.2) is 59.6 Å². The molecule has 20 heavy (non-hydrogen) atoms. The van der Waals surface area contributed by atoms with Gasteiger partial charge in [0.15, 0.2) is 11.4 Å². The van der Waals surface area contributed by atoms with Crippen LogP contribution in [-0.2, 0) is 0 Å². The van der Waals surface area contributed by atoms with Crippen LogP contribution < -0.4 is 0 Å². The number of hydrogen-bond acceptors (Lipinski definition) is 3. The number of benzene rings is 1. The fraction of sp³-hybridized carbons (Fsp3) is 0. The van der Waals surface area contributed by atoms with E-state index < -0.39 is 0 Å². The summed E-state index contributed by atoms with van der Waals surface area (Å²) in [6, 6.07) is 9.04. The van der Waals surface area contributed by atoms with E-state index in [1.807, 2.05) is 18.2 Å². The zero-order valence-corrected chi connectivity index (χ0v) is 10.4. The van der Waals surface area contributed by atoms with E-state index in [1.54, 1.807) is 30.7 Å². The van der Waals surface area contributed by atoms with E-state index >= 15 is 0 Å². The highest BCUT2D eigenvalue weighted by Crippen LogP contribution is 2.32. The zero-order chi connectivity index (χ0) is 13.5. The minimum atomic E-state index is -0.382. The minimum Gasteiger partial charge on any atom is -0.461 e. The van der Waals surface area contributed by atoms with Gasteiger partial charge in [-0.15, -0.1) is 0 Å². The quantitative estimate of drug-likeness (QED) is 0.517. The summed E-state index contributed by atoms with van der Waals surface area (Å²) in [7, 11) is 0. The summed E-state index contributed by atoms with van der Waals surface area (Å²) in [5.74, 6) is -0.382. The lowest BCUT2D eigenvalue weighted by molar-refractivity contribution is 0.562. The molecule has 0 aliphatic heterocycles. The van der Waals surface area contributed by atoms with Crippen molar-refractivity contribution >= 4 is 21.9 Å². The van der Waals surface area contributed by atoms with E-state index in [4.69, 9.17) is 4.42 Å². The smallest absolute Gasteiger partial charge is 0.174 e. The maximum absolute atomic E-state index is 14.6. The first-order valence-corrected chi connectivity index (χ1v) is 6.19. The Kier molecular flexibility index (Phi) is 2.29. The number of pyridine rings is 2. The number of furan rings is 1. The molecule has 3 aromatic heterocycles. The summed E-state index contributed by atoms with van der Waals surface area (Å²) in [5.41, 5.74) is 2.10. The molecule has 3 nitrogen and oxygen atoms in total. The fourth-order valence-corrected chi connectivity index (χ4v) is 2.40. The van der Waals surface area contributed by atoms with Crippen molar-refractivity contribution in [2.45, 2.75) is 0 Å². The molecule has 4 rings (SSSR count). The van der Waals surface area contributed by atoms with Crippen LogP contribution in [-0.4, -0.2) is 9.97 Å². The predicted molar refractivity (Wildman–Crippen MR) is 74.7 cm³/mol. The van der Waals surface area contributed by atoms with Gasteiger partial charge in [-0.05, 0) is 18.2 Å². The molecular formula is C16H9FN2O. The average Bonchev–Trinajstić information content (AvgIpc) is 2.97. The Morgan fingerprint density at radius 2 is 1.90 bits per heavy atom. The van der Waals surface area contributed by atoms with Crippen molar-refractivity contribution in [1.29, 1.82) is 0 Å². The van der Waals surface area contributed by atoms with Gasteiger partial charge in [-0.1, -0.05) is 12.1 Å². The molecule has 0 aliphatic carbocycles. The first-order valence-electron chi connectivity index (χ1n) is 6.19. The lowest BCUT2D eigenvalue weighted by Gasteiger charge is -2.06. The SMILES string of the molecule is Fc1c(-c2cncc3cccnc23)ccc2ccoc12. The number of aromatic nitrogens is 2. The van der Waals surface area contributed by atoms with Gasteiger partial charge in [-0.25, -0.2) is 4.39 Å². The van der Waals surface area contributed by atoms with Gasteiger partial charge in [-0.3, -0.25) is 9.97 Å². The molecule has 0 unspecified atom stereocenters. The second kappa shape index (κ2) is 4.13. The highest BCUT2D eigenvalue weighted by molar-refractivity contribution is 5.95. The monoisotopic (exact) mass is 264 g/mol. The van der Waals surface area contributed by atoms with E-state index in [9.17, 15) is 4.39 Å². The Balaban J connectivity index is 2.08. The summed E-state index contributed by atoms with van der Waals surface area (Å²) < 4.78 is 19.8. The molecule has 96 valence electrons. The highest BCUT2D eigenvalue weighted by Gasteiger charge is 2.14. The van der Waals surface area contributed by atoms with Crippen LogP contribution >= 0.6 is 0 Å². The van der Waals surface area contributed by atoms with Crippen molar-refractivity contribution in [2.24, 2.45) is 0 Å². The molecule has 4 heteroatoms. The third-order valence-corrected chi connectivity index (χ3v) is 3.36. The van der Waals surface area contributed by atoms with Crippen LogP contribution in [0.2, 0.25) is 0 Å². The predicted octanol–water partition coefficient (Wildman–Crippen LogP) is 4.18. The molecule has 0 bridgehead atoms. The largest absolute Gasteiger partial charge is 0.461 e. The van der Waals surface area contributed by atoms with Gasteiger partial charge in [0.2, 0.25) is 0 Å². The van der Waals surface area contributed by atoms with Gasteiger partial charge < -0.3 is 4.42 Å². The second-order valence-electron chi connectivity index (χ2n) is 4.53. The Bertz CT molecular complexity index is 925. The Morgan fingerprint density at radius 1 is 0.950 bits per heavy atom. The average molecular weight is 264 g/mol. The van der Waals surface area contributed by atoms with Crippen LogP contribution in [0.3, 0.4) is 0 Å². The van der Waals surface area contributed by atoms with Crippen molar-refractivity contribution in [3.63, 3.8) is 0 Å². The molecular weight excluding hydrogens is 255 g/mol. The van der Waals surface area contributed by atoms with Crippen LogP contribution in [0.5, 0.6) is 0 Å². The lowest BCUT2D eigenvalue weighted by atomic mass is 10.0. The number of nitrogens with zero attached hydrogens (tertiary/aromatic N) is 2. The van der Waals surface area contributed by atoms with Crippen molar-refractivity contribution in [2.75, 3.05) is 0 Å². The fourth-order valence-electron chi connectivity index (χ4n) is 2.40. The summed E-state index contributed by atoms with van der Waals surface area (Å²) in [5, 5.41) is 1.62. The van der Waals surface area contributed by atoms with E-state index in [1.165, 1.54) is 6.26 Å². The van der Waals surface area contributed by atoms with Gasteiger partial charge in [0, 0.05) is 40.5 Å². The van der Waals surface area contributed by atoms with E-state index in [0.29, 0.717) is 11.1 Å². The molecule has 0 fully saturated rings. The molecule has 0 spiro atoms. The topological polar surface area (TPSA) is 38.9 Å². The molecule has 1 aromatic carbocycles. The highest BCUT2D eigenvalue weighted by atomic mass is 19.1. The van der Waals surface area contributed by atoms with Crippen LogP contribution in [0.1, 0.15) is 0 Å². The molecule has 0 N–H and O–H groups in total.